The Hall–Kier alpha value is -0.120. The molecule has 1 aliphatic carbocycles. The van der Waals surface area contributed by atoms with Crippen LogP contribution in [0.25, 0.3) is 0 Å². The lowest BCUT2D eigenvalue weighted by Gasteiger charge is -2.31. The molecule has 2 fully saturated rings. The van der Waals surface area contributed by atoms with Crippen LogP contribution in [-0.2, 0) is 9.47 Å². The third-order valence-corrected chi connectivity index (χ3v) is 2.58. The highest BCUT2D eigenvalue weighted by Gasteiger charge is 2.33. The molecule has 12 heavy (non-hydrogen) atoms. The Morgan fingerprint density at radius 2 is 2.00 bits per heavy atom. The fraction of sp³-hybridized carbons (Fsp3) is 1.00. The maximum Gasteiger partial charge on any atom is 0.165 e. The van der Waals surface area contributed by atoms with Crippen molar-refractivity contribution < 1.29 is 14.6 Å². The zero-order valence-corrected chi connectivity index (χ0v) is 7.29. The van der Waals surface area contributed by atoms with Crippen molar-refractivity contribution in [1.82, 2.24) is 0 Å². The van der Waals surface area contributed by atoms with Crippen molar-refractivity contribution in [1.29, 1.82) is 0 Å². The van der Waals surface area contributed by atoms with Gasteiger partial charge in [0.1, 0.15) is 6.10 Å². The van der Waals surface area contributed by atoms with E-state index in [1.54, 1.807) is 0 Å². The van der Waals surface area contributed by atoms with Gasteiger partial charge in [-0.1, -0.05) is 6.42 Å². The summed E-state index contributed by atoms with van der Waals surface area (Å²) in [4.78, 5) is 0. The van der Waals surface area contributed by atoms with Crippen molar-refractivity contribution in [3.63, 3.8) is 0 Å². The molecule has 1 heterocycles. The van der Waals surface area contributed by atoms with Gasteiger partial charge in [0.05, 0.1) is 13.2 Å². The molecule has 1 saturated heterocycles. The Labute approximate surface area is 72.7 Å². The number of epoxide rings is 1. The molecule has 0 aromatic rings. The molecule has 0 aromatic carbocycles. The van der Waals surface area contributed by atoms with Crippen molar-refractivity contribution in [2.24, 2.45) is 0 Å². The monoisotopic (exact) mass is 172 g/mol. The van der Waals surface area contributed by atoms with Crippen LogP contribution in [0.5, 0.6) is 0 Å². The Balaban J connectivity index is 1.73. The summed E-state index contributed by atoms with van der Waals surface area (Å²) in [6.07, 6.45) is 5.24. The standard InChI is InChI=1S/C9H16O3/c10-9(4-2-1-3-5-9)12-7-8-6-11-8/h8,10H,1-7H2. The minimum Gasteiger partial charge on any atom is -0.371 e. The van der Waals surface area contributed by atoms with Crippen LogP contribution in [0.15, 0.2) is 0 Å². The Morgan fingerprint density at radius 3 is 2.58 bits per heavy atom. The van der Waals surface area contributed by atoms with Gasteiger partial charge in [0.2, 0.25) is 0 Å². The van der Waals surface area contributed by atoms with Crippen LogP contribution in [0.1, 0.15) is 32.1 Å². The van der Waals surface area contributed by atoms with Gasteiger partial charge < -0.3 is 14.6 Å². The highest BCUT2D eigenvalue weighted by Crippen LogP contribution is 2.29. The first-order valence-electron chi connectivity index (χ1n) is 4.76. The topological polar surface area (TPSA) is 42.0 Å². The van der Waals surface area contributed by atoms with Gasteiger partial charge in [-0.3, -0.25) is 0 Å². The summed E-state index contributed by atoms with van der Waals surface area (Å²) in [6.45, 7) is 1.37. The van der Waals surface area contributed by atoms with Crippen LogP contribution in [0.4, 0.5) is 0 Å². The van der Waals surface area contributed by atoms with Crippen LogP contribution in [0.2, 0.25) is 0 Å². The van der Waals surface area contributed by atoms with E-state index in [1.165, 1.54) is 6.42 Å². The summed E-state index contributed by atoms with van der Waals surface area (Å²) in [5, 5.41) is 9.87. The average Bonchev–Trinajstić information content (AvgIpc) is 2.85. The van der Waals surface area contributed by atoms with E-state index in [9.17, 15) is 5.11 Å². The van der Waals surface area contributed by atoms with Gasteiger partial charge in [0.25, 0.3) is 0 Å². The number of aliphatic hydroxyl groups is 1. The molecular weight excluding hydrogens is 156 g/mol. The molecule has 1 unspecified atom stereocenters. The fourth-order valence-corrected chi connectivity index (χ4v) is 1.66. The van der Waals surface area contributed by atoms with E-state index < -0.39 is 5.79 Å². The molecule has 0 bridgehead atoms. The summed E-state index contributed by atoms with van der Waals surface area (Å²) in [5.41, 5.74) is 0. The largest absolute Gasteiger partial charge is 0.371 e. The van der Waals surface area contributed by atoms with Gasteiger partial charge in [-0.15, -0.1) is 0 Å². The molecule has 1 N–H and O–H groups in total. The second-order valence-corrected chi connectivity index (χ2v) is 3.77. The van der Waals surface area contributed by atoms with E-state index in [0.717, 1.165) is 32.3 Å². The lowest BCUT2D eigenvalue weighted by Crippen LogP contribution is -2.35. The van der Waals surface area contributed by atoms with E-state index in [2.05, 4.69) is 0 Å². The Bertz CT molecular complexity index is 148. The predicted octanol–water partition coefficient (Wildman–Crippen LogP) is 1.05. The van der Waals surface area contributed by atoms with Crippen molar-refractivity contribution in [3.05, 3.63) is 0 Å². The molecule has 1 saturated carbocycles. The minimum absolute atomic E-state index is 0.260. The molecule has 1 atom stereocenters. The first-order chi connectivity index (χ1) is 5.79. The van der Waals surface area contributed by atoms with Crippen molar-refractivity contribution in [2.75, 3.05) is 13.2 Å². The van der Waals surface area contributed by atoms with E-state index in [0.29, 0.717) is 6.61 Å². The molecule has 0 aromatic heterocycles. The Morgan fingerprint density at radius 1 is 1.33 bits per heavy atom. The Kier molecular flexibility index (Phi) is 2.35. The zero-order valence-electron chi connectivity index (χ0n) is 7.29. The molecule has 70 valence electrons. The summed E-state index contributed by atoms with van der Waals surface area (Å²) >= 11 is 0. The first-order valence-corrected chi connectivity index (χ1v) is 4.76. The van der Waals surface area contributed by atoms with Gasteiger partial charge >= 0.3 is 0 Å². The van der Waals surface area contributed by atoms with Crippen molar-refractivity contribution >= 4 is 0 Å². The zero-order chi connectivity index (χ0) is 8.44. The van der Waals surface area contributed by atoms with E-state index in [-0.39, 0.29) is 6.10 Å². The quantitative estimate of drug-likeness (QED) is 0.511. The van der Waals surface area contributed by atoms with E-state index >= 15 is 0 Å². The minimum atomic E-state index is -0.829. The van der Waals surface area contributed by atoms with Gasteiger partial charge in [-0.25, -0.2) is 0 Å². The van der Waals surface area contributed by atoms with Crippen LogP contribution >= 0.6 is 0 Å². The molecular formula is C9H16O3. The lowest BCUT2D eigenvalue weighted by molar-refractivity contribution is -0.221. The van der Waals surface area contributed by atoms with E-state index in [4.69, 9.17) is 9.47 Å². The molecule has 0 spiro atoms. The number of hydrogen-bond donors (Lipinski definition) is 1. The third-order valence-electron chi connectivity index (χ3n) is 2.58. The van der Waals surface area contributed by atoms with Crippen LogP contribution in [0.3, 0.4) is 0 Å². The first kappa shape index (κ1) is 8.48. The highest BCUT2D eigenvalue weighted by molar-refractivity contribution is 4.75. The van der Waals surface area contributed by atoms with E-state index in [1.807, 2.05) is 0 Å². The number of hydrogen-bond acceptors (Lipinski definition) is 3. The second kappa shape index (κ2) is 3.32. The smallest absolute Gasteiger partial charge is 0.165 e. The molecule has 1 aliphatic heterocycles. The van der Waals surface area contributed by atoms with Gasteiger partial charge in [0, 0.05) is 12.8 Å². The third kappa shape index (κ3) is 2.19. The summed E-state index contributed by atoms with van der Waals surface area (Å²) in [5.74, 6) is -0.829. The van der Waals surface area contributed by atoms with Crippen LogP contribution in [-0.4, -0.2) is 30.2 Å². The normalized spacial score (nSPS) is 33.2. The van der Waals surface area contributed by atoms with Crippen molar-refractivity contribution in [3.8, 4) is 0 Å². The number of ether oxygens (including phenoxy) is 2. The van der Waals surface area contributed by atoms with Crippen LogP contribution < -0.4 is 0 Å². The van der Waals surface area contributed by atoms with Gasteiger partial charge in [-0.05, 0) is 12.8 Å². The summed E-state index contributed by atoms with van der Waals surface area (Å²) < 4.78 is 10.4. The predicted molar refractivity (Wildman–Crippen MR) is 43.7 cm³/mol. The maximum atomic E-state index is 9.87. The molecule has 3 nitrogen and oxygen atoms in total. The molecule has 0 amide bonds. The molecule has 2 aliphatic rings. The second-order valence-electron chi connectivity index (χ2n) is 3.77. The SMILES string of the molecule is OC1(OCC2CO2)CCCCC1. The van der Waals surface area contributed by atoms with Crippen molar-refractivity contribution in [2.45, 2.75) is 44.0 Å². The molecule has 2 rings (SSSR count). The van der Waals surface area contributed by atoms with Crippen LogP contribution in [0, 0.1) is 0 Å². The highest BCUT2D eigenvalue weighted by atomic mass is 16.7. The van der Waals surface area contributed by atoms with Gasteiger partial charge in [0.15, 0.2) is 5.79 Å². The summed E-state index contributed by atoms with van der Waals surface area (Å²) in [6, 6.07) is 0. The maximum absolute atomic E-state index is 9.87. The fourth-order valence-electron chi connectivity index (χ4n) is 1.66. The molecule has 0 radical (unpaired) electrons. The summed E-state index contributed by atoms with van der Waals surface area (Å²) in [7, 11) is 0. The lowest BCUT2D eigenvalue weighted by atomic mass is 9.94. The molecule has 3 heteroatoms. The van der Waals surface area contributed by atoms with Gasteiger partial charge in [-0.2, -0.15) is 0 Å². The average molecular weight is 172 g/mol. The number of rotatable bonds is 3.